The van der Waals surface area contributed by atoms with Gasteiger partial charge in [0.15, 0.2) is 0 Å². The fraction of sp³-hybridized carbons (Fsp3) is 0.550. The second-order valence-electron chi connectivity index (χ2n) is 7.66. The summed E-state index contributed by atoms with van der Waals surface area (Å²) in [5.41, 5.74) is 0.860. The van der Waals surface area contributed by atoms with Crippen LogP contribution in [0.4, 0.5) is 5.82 Å². The lowest BCUT2D eigenvalue weighted by atomic mass is 10.0. The van der Waals surface area contributed by atoms with Crippen LogP contribution < -0.4 is 4.90 Å². The standard InChI is InChI=1S/C20H27N3O2S/c1-16-9-13-23(14-10-16)26(24,25)18-6-7-19-17(15-18)5-8-20(21-19)22-11-3-2-4-12-22/h5-8,15-16H,2-4,9-14H2,1H3. The van der Waals surface area contributed by atoms with Crippen LogP contribution >= 0.6 is 0 Å². The van der Waals surface area contributed by atoms with Crippen molar-refractivity contribution in [2.75, 3.05) is 31.1 Å². The normalized spacial score (nSPS) is 20.6. The lowest BCUT2D eigenvalue weighted by Gasteiger charge is -2.29. The third-order valence-electron chi connectivity index (χ3n) is 5.71. The van der Waals surface area contributed by atoms with Gasteiger partial charge in [0.05, 0.1) is 10.4 Å². The van der Waals surface area contributed by atoms with E-state index in [4.69, 9.17) is 4.98 Å². The Morgan fingerprint density at radius 3 is 2.42 bits per heavy atom. The average molecular weight is 374 g/mol. The summed E-state index contributed by atoms with van der Waals surface area (Å²) in [6.07, 6.45) is 5.60. The number of piperidine rings is 2. The number of aromatic nitrogens is 1. The van der Waals surface area contributed by atoms with E-state index in [0.29, 0.717) is 23.9 Å². The predicted molar refractivity (Wildman–Crippen MR) is 105 cm³/mol. The number of anilines is 1. The van der Waals surface area contributed by atoms with E-state index in [-0.39, 0.29) is 0 Å². The molecule has 0 radical (unpaired) electrons. The molecule has 3 heterocycles. The molecule has 2 fully saturated rings. The number of fused-ring (bicyclic) bond motifs is 1. The number of hydrogen-bond acceptors (Lipinski definition) is 4. The van der Waals surface area contributed by atoms with Crippen LogP contribution in [0.15, 0.2) is 35.2 Å². The number of nitrogens with zero attached hydrogens (tertiary/aromatic N) is 3. The van der Waals surface area contributed by atoms with Gasteiger partial charge in [-0.15, -0.1) is 0 Å². The largest absolute Gasteiger partial charge is 0.357 e. The molecule has 2 saturated heterocycles. The quantitative estimate of drug-likeness (QED) is 0.824. The molecule has 2 aliphatic heterocycles. The molecular formula is C20H27N3O2S. The van der Waals surface area contributed by atoms with Crippen LogP contribution in [0.1, 0.15) is 39.0 Å². The average Bonchev–Trinajstić information content (AvgIpc) is 2.68. The molecule has 2 aliphatic rings. The second kappa shape index (κ2) is 7.16. The molecule has 0 saturated carbocycles. The van der Waals surface area contributed by atoms with E-state index in [0.717, 1.165) is 42.7 Å². The maximum absolute atomic E-state index is 12.9. The Morgan fingerprint density at radius 2 is 1.69 bits per heavy atom. The molecule has 0 amide bonds. The molecule has 1 aromatic carbocycles. The first-order valence-electron chi connectivity index (χ1n) is 9.70. The first-order valence-corrected chi connectivity index (χ1v) is 11.1. The van der Waals surface area contributed by atoms with Gasteiger partial charge in [-0.25, -0.2) is 13.4 Å². The van der Waals surface area contributed by atoms with Crippen molar-refractivity contribution in [3.63, 3.8) is 0 Å². The molecular weight excluding hydrogens is 346 g/mol. The van der Waals surface area contributed by atoms with E-state index >= 15 is 0 Å². The second-order valence-corrected chi connectivity index (χ2v) is 9.60. The molecule has 0 aliphatic carbocycles. The highest BCUT2D eigenvalue weighted by Crippen LogP contribution is 2.27. The Hall–Kier alpha value is -1.66. The highest BCUT2D eigenvalue weighted by molar-refractivity contribution is 7.89. The van der Waals surface area contributed by atoms with Crippen molar-refractivity contribution in [1.82, 2.24) is 9.29 Å². The highest BCUT2D eigenvalue weighted by Gasteiger charge is 2.28. The van der Waals surface area contributed by atoms with E-state index in [2.05, 4.69) is 11.8 Å². The first kappa shape index (κ1) is 17.7. The van der Waals surface area contributed by atoms with E-state index in [1.54, 1.807) is 16.4 Å². The van der Waals surface area contributed by atoms with Crippen LogP contribution in [-0.4, -0.2) is 43.9 Å². The van der Waals surface area contributed by atoms with Crippen molar-refractivity contribution in [3.8, 4) is 0 Å². The van der Waals surface area contributed by atoms with Gasteiger partial charge in [0.1, 0.15) is 5.82 Å². The zero-order valence-electron chi connectivity index (χ0n) is 15.4. The summed E-state index contributed by atoms with van der Waals surface area (Å²) in [6, 6.07) is 9.36. The van der Waals surface area contributed by atoms with Gasteiger partial charge in [-0.2, -0.15) is 4.31 Å². The number of rotatable bonds is 3. The maximum atomic E-state index is 12.9. The Morgan fingerprint density at radius 1 is 0.962 bits per heavy atom. The molecule has 140 valence electrons. The van der Waals surface area contributed by atoms with E-state index in [1.165, 1.54) is 19.3 Å². The third kappa shape index (κ3) is 3.45. The minimum Gasteiger partial charge on any atom is -0.357 e. The van der Waals surface area contributed by atoms with Gasteiger partial charge in [0, 0.05) is 31.6 Å². The lowest BCUT2D eigenvalue weighted by Crippen LogP contribution is -2.37. The van der Waals surface area contributed by atoms with Gasteiger partial charge in [-0.3, -0.25) is 0 Å². The van der Waals surface area contributed by atoms with Crippen molar-refractivity contribution in [1.29, 1.82) is 0 Å². The minimum absolute atomic E-state index is 0.382. The van der Waals surface area contributed by atoms with Gasteiger partial charge in [0.2, 0.25) is 10.0 Å². The van der Waals surface area contributed by atoms with Crippen molar-refractivity contribution in [2.45, 2.75) is 43.9 Å². The van der Waals surface area contributed by atoms with Crippen LogP contribution in [0.25, 0.3) is 10.9 Å². The summed E-state index contributed by atoms with van der Waals surface area (Å²) in [5.74, 6) is 1.60. The fourth-order valence-electron chi connectivity index (χ4n) is 3.93. The molecule has 5 nitrogen and oxygen atoms in total. The molecule has 6 heteroatoms. The van der Waals surface area contributed by atoms with E-state index < -0.39 is 10.0 Å². The Balaban J connectivity index is 1.61. The first-order chi connectivity index (χ1) is 12.5. The predicted octanol–water partition coefficient (Wildman–Crippen LogP) is 3.65. The topological polar surface area (TPSA) is 53.5 Å². The molecule has 2 aromatic rings. The molecule has 4 rings (SSSR count). The summed E-state index contributed by atoms with van der Waals surface area (Å²) in [5, 5.41) is 0.886. The van der Waals surface area contributed by atoms with Crippen LogP contribution in [-0.2, 0) is 10.0 Å². The zero-order valence-corrected chi connectivity index (χ0v) is 16.2. The summed E-state index contributed by atoms with van der Waals surface area (Å²) < 4.78 is 27.5. The molecule has 0 N–H and O–H groups in total. The Labute approximate surface area is 156 Å². The van der Waals surface area contributed by atoms with Crippen LogP contribution in [0, 0.1) is 5.92 Å². The summed E-state index contributed by atoms with van der Waals surface area (Å²) in [7, 11) is -3.41. The van der Waals surface area contributed by atoms with Crippen LogP contribution in [0.5, 0.6) is 0 Å². The van der Waals surface area contributed by atoms with E-state index in [9.17, 15) is 8.42 Å². The van der Waals surface area contributed by atoms with E-state index in [1.807, 2.05) is 18.2 Å². The zero-order chi connectivity index (χ0) is 18.1. The van der Waals surface area contributed by atoms with Crippen molar-refractivity contribution in [3.05, 3.63) is 30.3 Å². The van der Waals surface area contributed by atoms with Gasteiger partial charge < -0.3 is 4.90 Å². The number of pyridine rings is 1. The molecule has 26 heavy (non-hydrogen) atoms. The smallest absolute Gasteiger partial charge is 0.243 e. The number of sulfonamides is 1. The van der Waals surface area contributed by atoms with Crippen molar-refractivity contribution >= 4 is 26.7 Å². The van der Waals surface area contributed by atoms with Gasteiger partial charge >= 0.3 is 0 Å². The van der Waals surface area contributed by atoms with Crippen LogP contribution in [0.3, 0.4) is 0 Å². The van der Waals surface area contributed by atoms with Crippen LogP contribution in [0.2, 0.25) is 0 Å². The molecule has 0 spiro atoms. The summed E-state index contributed by atoms with van der Waals surface area (Å²) in [6.45, 7) is 5.53. The highest BCUT2D eigenvalue weighted by atomic mass is 32.2. The maximum Gasteiger partial charge on any atom is 0.243 e. The Kier molecular flexibility index (Phi) is 4.88. The summed E-state index contributed by atoms with van der Waals surface area (Å²) in [4.78, 5) is 7.47. The SMILES string of the molecule is CC1CCN(S(=O)(=O)c2ccc3nc(N4CCCCC4)ccc3c2)CC1. The van der Waals surface area contributed by atoms with Crippen molar-refractivity contribution < 1.29 is 8.42 Å². The monoisotopic (exact) mass is 373 g/mol. The molecule has 0 bridgehead atoms. The molecule has 0 atom stereocenters. The fourth-order valence-corrected chi connectivity index (χ4v) is 5.43. The summed E-state index contributed by atoms with van der Waals surface area (Å²) >= 11 is 0. The number of benzene rings is 1. The molecule has 1 aromatic heterocycles. The van der Waals surface area contributed by atoms with Crippen molar-refractivity contribution in [2.24, 2.45) is 5.92 Å². The minimum atomic E-state index is -3.41. The van der Waals surface area contributed by atoms with Gasteiger partial charge in [-0.05, 0) is 68.4 Å². The third-order valence-corrected chi connectivity index (χ3v) is 7.60. The lowest BCUT2D eigenvalue weighted by molar-refractivity contribution is 0.288. The van der Waals surface area contributed by atoms with Gasteiger partial charge in [0.25, 0.3) is 0 Å². The molecule has 0 unspecified atom stereocenters. The number of hydrogen-bond donors (Lipinski definition) is 0. The Bertz CT molecular complexity index is 883. The van der Waals surface area contributed by atoms with Gasteiger partial charge in [-0.1, -0.05) is 6.92 Å².